The summed E-state index contributed by atoms with van der Waals surface area (Å²) in [4.78, 5) is 4.04. The second kappa shape index (κ2) is 4.84. The van der Waals surface area contributed by atoms with Gasteiger partial charge >= 0.3 is 0 Å². The molecule has 0 amide bonds. The summed E-state index contributed by atoms with van der Waals surface area (Å²) >= 11 is 8.85. The topological polar surface area (TPSA) is 58.6 Å². The van der Waals surface area contributed by atoms with Gasteiger partial charge in [0, 0.05) is 6.20 Å². The minimum atomic E-state index is -0.570. The Balaban J connectivity index is 4.56. The van der Waals surface area contributed by atoms with E-state index in [2.05, 4.69) is 20.9 Å². The summed E-state index contributed by atoms with van der Waals surface area (Å²) < 4.78 is 0.519. The molecule has 0 spiro atoms. The number of nitrogens with two attached hydrogens (primary N) is 1. The third kappa shape index (κ3) is 4.09. The molecule has 0 bridgehead atoms. The Morgan fingerprint density at radius 2 is 2.25 bits per heavy atom. The molecule has 0 fully saturated rings. The predicted octanol–water partition coefficient (Wildman–Crippen LogP) is 1.59. The molecule has 0 radical (unpaired) electrons. The van der Waals surface area contributed by atoms with E-state index >= 15 is 0 Å². The van der Waals surface area contributed by atoms with Gasteiger partial charge in [0.1, 0.15) is 5.17 Å². The first-order valence-corrected chi connectivity index (χ1v) is 4.54. The van der Waals surface area contributed by atoms with Gasteiger partial charge in [-0.25, -0.2) is 0 Å². The number of halogens is 2. The zero-order valence-electron chi connectivity index (χ0n) is 7.01. The van der Waals surface area contributed by atoms with Crippen LogP contribution in [0.15, 0.2) is 15.7 Å². The molecule has 0 saturated heterocycles. The summed E-state index contributed by atoms with van der Waals surface area (Å²) in [6.07, 6.45) is 1.30. The summed E-state index contributed by atoms with van der Waals surface area (Å²) in [6.45, 7) is 3.48. The Bertz CT molecular complexity index is 213. The smallest absolute Gasteiger partial charge is 0.140 e. The van der Waals surface area contributed by atoms with Crippen LogP contribution in [0.3, 0.4) is 0 Å². The lowest BCUT2D eigenvalue weighted by Crippen LogP contribution is -2.23. The van der Waals surface area contributed by atoms with Crippen molar-refractivity contribution in [2.75, 3.05) is 6.61 Å². The van der Waals surface area contributed by atoms with Gasteiger partial charge in [0.2, 0.25) is 0 Å². The minimum absolute atomic E-state index is 0.0614. The summed E-state index contributed by atoms with van der Waals surface area (Å²) in [5, 5.41) is 9.13. The summed E-state index contributed by atoms with van der Waals surface area (Å²) in [5.41, 5.74) is 4.63. The molecule has 0 atom stereocenters. The van der Waals surface area contributed by atoms with Gasteiger partial charge < -0.3 is 10.8 Å². The molecule has 0 aliphatic carbocycles. The van der Waals surface area contributed by atoms with Gasteiger partial charge in [-0.05, 0) is 29.8 Å². The van der Waals surface area contributed by atoms with Crippen LogP contribution in [0, 0.1) is 0 Å². The lowest BCUT2D eigenvalue weighted by Gasteiger charge is -2.16. The Morgan fingerprint density at radius 1 is 1.75 bits per heavy atom. The van der Waals surface area contributed by atoms with Gasteiger partial charge in [0.15, 0.2) is 0 Å². The van der Waals surface area contributed by atoms with Crippen molar-refractivity contribution in [3.05, 3.63) is 10.7 Å². The van der Waals surface area contributed by atoms with Crippen LogP contribution < -0.4 is 5.73 Å². The van der Waals surface area contributed by atoms with Gasteiger partial charge in [0.25, 0.3) is 0 Å². The Morgan fingerprint density at radius 3 is 2.58 bits per heavy atom. The highest BCUT2D eigenvalue weighted by atomic mass is 79.9. The molecule has 0 aliphatic rings. The van der Waals surface area contributed by atoms with E-state index in [4.69, 9.17) is 22.4 Å². The van der Waals surface area contributed by atoms with Crippen molar-refractivity contribution in [1.82, 2.24) is 0 Å². The maximum absolute atomic E-state index is 8.87. The van der Waals surface area contributed by atoms with Gasteiger partial charge in [-0.1, -0.05) is 11.6 Å². The van der Waals surface area contributed by atoms with Crippen LogP contribution >= 0.6 is 27.5 Å². The van der Waals surface area contributed by atoms with Crippen molar-refractivity contribution in [2.45, 2.75) is 19.4 Å². The highest BCUT2D eigenvalue weighted by Gasteiger charge is 2.15. The van der Waals surface area contributed by atoms with Gasteiger partial charge in [-0.2, -0.15) is 0 Å². The SMILES string of the molecule is CC(C)(CO)N=C(Cl)/C(Br)=C\N. The Labute approximate surface area is 85.4 Å². The largest absolute Gasteiger partial charge is 0.404 e. The van der Waals surface area contributed by atoms with Crippen molar-refractivity contribution < 1.29 is 5.11 Å². The third-order valence-corrected chi connectivity index (χ3v) is 2.29. The highest BCUT2D eigenvalue weighted by Crippen LogP contribution is 2.15. The lowest BCUT2D eigenvalue weighted by molar-refractivity contribution is 0.223. The lowest BCUT2D eigenvalue weighted by atomic mass is 10.1. The number of rotatable bonds is 3. The molecule has 0 saturated carbocycles. The monoisotopic (exact) mass is 254 g/mol. The second-order valence-electron chi connectivity index (χ2n) is 2.89. The van der Waals surface area contributed by atoms with Crippen LogP contribution in [0.4, 0.5) is 0 Å². The molecule has 0 unspecified atom stereocenters. The van der Waals surface area contributed by atoms with Crippen LogP contribution in [0.2, 0.25) is 0 Å². The molecular formula is C7H12BrClN2O. The Kier molecular flexibility index (Phi) is 4.82. The van der Waals surface area contributed by atoms with Gasteiger partial charge in [0.05, 0.1) is 16.6 Å². The number of aliphatic hydroxyl groups excluding tert-OH is 1. The minimum Gasteiger partial charge on any atom is -0.404 e. The third-order valence-electron chi connectivity index (χ3n) is 1.13. The van der Waals surface area contributed by atoms with Crippen LogP contribution in [0.25, 0.3) is 0 Å². The molecule has 70 valence electrons. The number of aliphatic hydroxyl groups is 1. The van der Waals surface area contributed by atoms with Crippen LogP contribution in [0.5, 0.6) is 0 Å². The fraction of sp³-hybridized carbons (Fsp3) is 0.571. The van der Waals surface area contributed by atoms with E-state index in [1.165, 1.54) is 6.20 Å². The highest BCUT2D eigenvalue weighted by molar-refractivity contribution is 9.12. The molecule has 0 aliphatic heterocycles. The zero-order chi connectivity index (χ0) is 9.78. The van der Waals surface area contributed by atoms with Crippen LogP contribution in [-0.4, -0.2) is 22.4 Å². The fourth-order valence-electron chi connectivity index (χ4n) is 0.423. The van der Waals surface area contributed by atoms with E-state index < -0.39 is 5.54 Å². The van der Waals surface area contributed by atoms with Crippen molar-refractivity contribution >= 4 is 32.7 Å². The molecule has 3 nitrogen and oxygen atoms in total. The quantitative estimate of drug-likeness (QED) is 0.753. The normalized spacial score (nSPS) is 15.1. The molecule has 3 N–H and O–H groups in total. The molecule has 0 aromatic carbocycles. The number of hydrogen-bond donors (Lipinski definition) is 2. The molecule has 0 aromatic rings. The van der Waals surface area contributed by atoms with E-state index in [-0.39, 0.29) is 11.8 Å². The standard InChI is InChI=1S/C7H12BrClN2O/c1-7(2,4-12)11-6(9)5(8)3-10/h3,12H,4,10H2,1-2H3/b5-3+,11-6?. The molecule has 5 heteroatoms. The van der Waals surface area contributed by atoms with Crippen molar-refractivity contribution in [2.24, 2.45) is 10.7 Å². The van der Waals surface area contributed by atoms with Crippen LogP contribution in [0.1, 0.15) is 13.8 Å². The molecular weight excluding hydrogens is 243 g/mol. The summed E-state index contributed by atoms with van der Waals surface area (Å²) in [7, 11) is 0. The summed E-state index contributed by atoms with van der Waals surface area (Å²) in [5.74, 6) is 0. The fourth-order valence-corrected chi connectivity index (χ4v) is 0.804. The average molecular weight is 256 g/mol. The van der Waals surface area contributed by atoms with E-state index in [0.29, 0.717) is 4.48 Å². The van der Waals surface area contributed by atoms with E-state index in [1.54, 1.807) is 13.8 Å². The zero-order valence-corrected chi connectivity index (χ0v) is 9.35. The van der Waals surface area contributed by atoms with E-state index in [0.717, 1.165) is 0 Å². The number of aliphatic imine (C=N–C) groups is 1. The van der Waals surface area contributed by atoms with E-state index in [1.807, 2.05) is 0 Å². The predicted molar refractivity (Wildman–Crippen MR) is 55.7 cm³/mol. The Hall–Kier alpha value is -0.0600. The second-order valence-corrected chi connectivity index (χ2v) is 4.10. The first-order chi connectivity index (χ1) is 5.43. The van der Waals surface area contributed by atoms with E-state index in [9.17, 15) is 0 Å². The van der Waals surface area contributed by atoms with Crippen molar-refractivity contribution in [1.29, 1.82) is 0 Å². The first kappa shape index (κ1) is 11.9. The van der Waals surface area contributed by atoms with Crippen molar-refractivity contribution in [3.63, 3.8) is 0 Å². The number of hydrogen-bond acceptors (Lipinski definition) is 3. The van der Waals surface area contributed by atoms with Gasteiger partial charge in [-0.3, -0.25) is 4.99 Å². The average Bonchev–Trinajstić information content (AvgIpc) is 2.02. The molecule has 12 heavy (non-hydrogen) atoms. The number of nitrogens with zero attached hydrogens (tertiary/aromatic N) is 1. The molecule has 0 heterocycles. The summed E-state index contributed by atoms with van der Waals surface area (Å²) in [6, 6.07) is 0. The van der Waals surface area contributed by atoms with Gasteiger partial charge in [-0.15, -0.1) is 0 Å². The first-order valence-electron chi connectivity index (χ1n) is 3.37. The number of allylic oxidation sites excluding steroid dienone is 1. The maximum atomic E-state index is 8.87. The molecule has 0 rings (SSSR count). The van der Waals surface area contributed by atoms with Crippen molar-refractivity contribution in [3.8, 4) is 0 Å². The molecule has 0 aromatic heterocycles. The van der Waals surface area contributed by atoms with Crippen LogP contribution in [-0.2, 0) is 0 Å². The maximum Gasteiger partial charge on any atom is 0.140 e.